The van der Waals surface area contributed by atoms with Crippen LogP contribution in [0.3, 0.4) is 0 Å². The third-order valence-corrected chi connectivity index (χ3v) is 3.25. The summed E-state index contributed by atoms with van der Waals surface area (Å²) in [4.78, 5) is 11.4. The molecular weight excluding hydrogens is 221 g/mol. The zero-order valence-electron chi connectivity index (χ0n) is 10.4. The Bertz CT molecular complexity index is 389. The van der Waals surface area contributed by atoms with E-state index in [1.807, 2.05) is 13.8 Å². The molecular formula is C13H18FNO2. The van der Waals surface area contributed by atoms with Crippen molar-refractivity contribution in [2.24, 2.45) is 5.73 Å². The molecule has 2 N–H and O–H groups in total. The Hall–Kier alpha value is -1.42. The Kier molecular flexibility index (Phi) is 4.23. The lowest BCUT2D eigenvalue weighted by molar-refractivity contribution is -0.142. The fourth-order valence-corrected chi connectivity index (χ4v) is 1.73. The fourth-order valence-electron chi connectivity index (χ4n) is 1.73. The second-order valence-corrected chi connectivity index (χ2v) is 4.47. The number of hydrogen-bond acceptors (Lipinski definition) is 3. The first kappa shape index (κ1) is 13.6. The van der Waals surface area contributed by atoms with Gasteiger partial charge in [0.1, 0.15) is 5.82 Å². The molecule has 0 saturated heterocycles. The maximum atomic E-state index is 12.9. The van der Waals surface area contributed by atoms with Gasteiger partial charge >= 0.3 is 5.97 Å². The average Bonchev–Trinajstić information content (AvgIpc) is 2.29. The average molecular weight is 239 g/mol. The number of hydrogen-bond donors (Lipinski definition) is 1. The van der Waals surface area contributed by atoms with Gasteiger partial charge in [0.2, 0.25) is 0 Å². The van der Waals surface area contributed by atoms with Crippen molar-refractivity contribution in [3.63, 3.8) is 0 Å². The van der Waals surface area contributed by atoms with Crippen LogP contribution in [0.15, 0.2) is 24.3 Å². The first-order chi connectivity index (χ1) is 7.90. The number of methoxy groups -OCH3 is 1. The van der Waals surface area contributed by atoms with Crippen LogP contribution in [0.4, 0.5) is 4.39 Å². The van der Waals surface area contributed by atoms with Crippen LogP contribution in [0.1, 0.15) is 25.8 Å². The number of carbonyl (C=O) groups is 1. The molecule has 0 aromatic heterocycles. The van der Waals surface area contributed by atoms with E-state index in [9.17, 15) is 9.18 Å². The molecule has 17 heavy (non-hydrogen) atoms. The SMILES string of the molecule is COC(=O)CC(C)(c1ccc(F)cc1)C(C)N. The minimum atomic E-state index is -0.555. The van der Waals surface area contributed by atoms with Crippen molar-refractivity contribution in [3.8, 4) is 0 Å². The second kappa shape index (κ2) is 5.27. The van der Waals surface area contributed by atoms with Crippen molar-refractivity contribution in [3.05, 3.63) is 35.6 Å². The van der Waals surface area contributed by atoms with Crippen LogP contribution in [0.2, 0.25) is 0 Å². The number of benzene rings is 1. The molecule has 0 fully saturated rings. The predicted octanol–water partition coefficient (Wildman–Crippen LogP) is 1.99. The van der Waals surface area contributed by atoms with Crippen LogP contribution in [0.25, 0.3) is 0 Å². The van der Waals surface area contributed by atoms with Crippen molar-refractivity contribution >= 4 is 5.97 Å². The maximum absolute atomic E-state index is 12.9. The minimum absolute atomic E-state index is 0.173. The number of esters is 1. The summed E-state index contributed by atoms with van der Waals surface area (Å²) >= 11 is 0. The van der Waals surface area contributed by atoms with Crippen molar-refractivity contribution in [1.29, 1.82) is 0 Å². The van der Waals surface area contributed by atoms with Gasteiger partial charge in [0.05, 0.1) is 13.5 Å². The molecule has 2 atom stereocenters. The van der Waals surface area contributed by atoms with Gasteiger partial charge in [0.25, 0.3) is 0 Å². The van der Waals surface area contributed by atoms with E-state index in [4.69, 9.17) is 5.73 Å². The lowest BCUT2D eigenvalue weighted by atomic mass is 9.74. The first-order valence-corrected chi connectivity index (χ1v) is 5.48. The number of carbonyl (C=O) groups excluding carboxylic acids is 1. The number of rotatable bonds is 4. The molecule has 1 aromatic carbocycles. The molecule has 0 aliphatic carbocycles. The Balaban J connectivity index is 3.07. The van der Waals surface area contributed by atoms with Crippen molar-refractivity contribution in [1.82, 2.24) is 0 Å². The van der Waals surface area contributed by atoms with Crippen LogP contribution >= 0.6 is 0 Å². The lowest BCUT2D eigenvalue weighted by Crippen LogP contribution is -2.42. The summed E-state index contributed by atoms with van der Waals surface area (Å²) in [7, 11) is 1.34. The van der Waals surface area contributed by atoms with Crippen LogP contribution in [0.5, 0.6) is 0 Å². The second-order valence-electron chi connectivity index (χ2n) is 4.47. The summed E-state index contributed by atoms with van der Waals surface area (Å²) in [6.07, 6.45) is 0.173. The molecule has 0 aliphatic heterocycles. The maximum Gasteiger partial charge on any atom is 0.306 e. The van der Waals surface area contributed by atoms with E-state index in [0.717, 1.165) is 5.56 Å². The molecule has 3 nitrogen and oxygen atoms in total. The standard InChI is InChI=1S/C13H18FNO2/c1-9(15)13(2,8-12(16)17-3)10-4-6-11(14)7-5-10/h4-7,9H,8,15H2,1-3H3. The molecule has 0 heterocycles. The van der Waals surface area contributed by atoms with Crippen LogP contribution < -0.4 is 5.73 Å². The number of nitrogens with two attached hydrogens (primary N) is 1. The summed E-state index contributed by atoms with van der Waals surface area (Å²) in [5.41, 5.74) is 6.22. The van der Waals surface area contributed by atoms with Gasteiger partial charge in [0, 0.05) is 11.5 Å². The third kappa shape index (κ3) is 3.03. The number of halogens is 1. The largest absolute Gasteiger partial charge is 0.469 e. The Morgan fingerprint density at radius 1 is 1.47 bits per heavy atom. The molecule has 2 unspecified atom stereocenters. The van der Waals surface area contributed by atoms with Crippen molar-refractivity contribution in [2.75, 3.05) is 7.11 Å². The summed E-state index contributed by atoms with van der Waals surface area (Å²) in [6, 6.07) is 5.80. The molecule has 0 bridgehead atoms. The van der Waals surface area contributed by atoms with E-state index in [0.29, 0.717) is 0 Å². The molecule has 94 valence electrons. The highest BCUT2D eigenvalue weighted by Gasteiger charge is 2.34. The first-order valence-electron chi connectivity index (χ1n) is 5.48. The Labute approximate surface area is 101 Å². The molecule has 4 heteroatoms. The van der Waals surface area contributed by atoms with Gasteiger partial charge in [-0.1, -0.05) is 19.1 Å². The monoisotopic (exact) mass is 239 g/mol. The Morgan fingerprint density at radius 3 is 2.41 bits per heavy atom. The predicted molar refractivity (Wildman–Crippen MR) is 64.0 cm³/mol. The molecule has 0 amide bonds. The third-order valence-electron chi connectivity index (χ3n) is 3.25. The highest BCUT2D eigenvalue weighted by Crippen LogP contribution is 2.31. The van der Waals surface area contributed by atoms with Gasteiger partial charge in [-0.25, -0.2) is 4.39 Å². The topological polar surface area (TPSA) is 52.3 Å². The summed E-state index contributed by atoms with van der Waals surface area (Å²) in [5.74, 6) is -0.632. The molecule has 1 rings (SSSR count). The smallest absolute Gasteiger partial charge is 0.306 e. The highest BCUT2D eigenvalue weighted by molar-refractivity contribution is 5.71. The van der Waals surface area contributed by atoms with Gasteiger partial charge in [-0.05, 0) is 24.6 Å². The number of ether oxygens (including phenoxy) is 1. The van der Waals surface area contributed by atoms with Crippen LogP contribution in [-0.2, 0) is 14.9 Å². The molecule has 1 aromatic rings. The zero-order valence-corrected chi connectivity index (χ0v) is 10.4. The van der Waals surface area contributed by atoms with E-state index in [2.05, 4.69) is 4.74 Å². The van der Waals surface area contributed by atoms with E-state index >= 15 is 0 Å². The Morgan fingerprint density at radius 2 is 2.00 bits per heavy atom. The van der Waals surface area contributed by atoms with Crippen LogP contribution in [0, 0.1) is 5.82 Å². The van der Waals surface area contributed by atoms with E-state index in [1.165, 1.54) is 19.2 Å². The summed E-state index contributed by atoms with van der Waals surface area (Å²) in [5, 5.41) is 0. The highest BCUT2D eigenvalue weighted by atomic mass is 19.1. The molecule has 0 radical (unpaired) electrons. The van der Waals surface area contributed by atoms with E-state index < -0.39 is 5.41 Å². The van der Waals surface area contributed by atoms with Gasteiger partial charge in [0.15, 0.2) is 0 Å². The zero-order chi connectivity index (χ0) is 13.1. The van der Waals surface area contributed by atoms with Gasteiger partial charge in [-0.2, -0.15) is 0 Å². The lowest BCUT2D eigenvalue weighted by Gasteiger charge is -2.33. The van der Waals surface area contributed by atoms with Crippen molar-refractivity contribution < 1.29 is 13.9 Å². The van der Waals surface area contributed by atoms with Gasteiger partial charge in [-0.3, -0.25) is 4.79 Å². The molecule has 0 aliphatic rings. The molecule has 0 spiro atoms. The van der Waals surface area contributed by atoms with E-state index in [-0.39, 0.29) is 24.2 Å². The fraction of sp³-hybridized carbons (Fsp3) is 0.462. The van der Waals surface area contributed by atoms with Crippen molar-refractivity contribution in [2.45, 2.75) is 31.7 Å². The summed E-state index contributed by atoms with van der Waals surface area (Å²) < 4.78 is 17.6. The summed E-state index contributed by atoms with van der Waals surface area (Å²) in [6.45, 7) is 3.70. The van der Waals surface area contributed by atoms with Crippen LogP contribution in [-0.4, -0.2) is 19.1 Å². The molecule has 0 saturated carbocycles. The minimum Gasteiger partial charge on any atom is -0.469 e. The van der Waals surface area contributed by atoms with E-state index in [1.54, 1.807) is 12.1 Å². The van der Waals surface area contributed by atoms with Gasteiger partial charge < -0.3 is 10.5 Å². The normalized spacial score (nSPS) is 16.1. The quantitative estimate of drug-likeness (QED) is 0.817. The van der Waals surface area contributed by atoms with Gasteiger partial charge in [-0.15, -0.1) is 0 Å².